The fourth-order valence-electron chi connectivity index (χ4n) is 13.2. The molecule has 1 saturated carbocycles. The van der Waals surface area contributed by atoms with Crippen molar-refractivity contribution in [1.29, 1.82) is 0 Å². The van der Waals surface area contributed by atoms with E-state index >= 15 is 4.57 Å². The monoisotopic (exact) mass is 1350 g/mol. The van der Waals surface area contributed by atoms with Gasteiger partial charge in [-0.2, -0.15) is 0 Å². The highest BCUT2D eigenvalue weighted by Crippen LogP contribution is 2.53. The molecule has 0 spiro atoms. The molecule has 2 amide bonds. The van der Waals surface area contributed by atoms with E-state index < -0.39 is 105 Å². The summed E-state index contributed by atoms with van der Waals surface area (Å²) in [6.45, 7) is 3.89. The highest BCUT2D eigenvalue weighted by Gasteiger charge is 2.64. The molecular formula is C70H133N2O20P. The van der Waals surface area contributed by atoms with Gasteiger partial charge < -0.3 is 71.8 Å². The summed E-state index contributed by atoms with van der Waals surface area (Å²) in [7, 11) is 13.6. The van der Waals surface area contributed by atoms with Crippen molar-refractivity contribution in [1.82, 2.24) is 10.2 Å². The summed E-state index contributed by atoms with van der Waals surface area (Å²) >= 11 is 0. The molecule has 1 heterocycles. The molecule has 15 atom stereocenters. The van der Waals surface area contributed by atoms with Crippen LogP contribution in [0.1, 0.15) is 226 Å². The number of nitrogens with one attached hydrogen (secondary N) is 1. The number of phosphoric ester groups is 1. The van der Waals surface area contributed by atoms with E-state index in [0.29, 0.717) is 12.8 Å². The molecule has 2 fully saturated rings. The van der Waals surface area contributed by atoms with Crippen molar-refractivity contribution in [2.75, 3.05) is 112 Å². The molecule has 0 aromatic carbocycles. The summed E-state index contributed by atoms with van der Waals surface area (Å²) in [6, 6.07) is -1.77. The first-order valence-electron chi connectivity index (χ1n) is 35.5. The fourth-order valence-corrected chi connectivity index (χ4v) is 14.3. The third-order valence-corrected chi connectivity index (χ3v) is 20.0. The minimum atomic E-state index is -4.68. The Morgan fingerprint density at radius 1 is 0.559 bits per heavy atom. The van der Waals surface area contributed by atoms with Gasteiger partial charge in [0.25, 0.3) is 5.79 Å². The highest BCUT2D eigenvalue weighted by molar-refractivity contribution is 7.48. The van der Waals surface area contributed by atoms with Gasteiger partial charge in [-0.05, 0) is 19.3 Å². The SMILES string of the molecule is CCCCCCCCCCC/C=C/[C@@H](OC)[C@H](COP(=O)(OC)O[C@H]1[C@H](OC)[C@@H](OC)[C@H](OC)[C@@H](O[C@]2(C(=O)OC)C[C@H](OC)[C@@H](N(C)C(=O)COC)[C@H]([C@H](OC)[C@@H](COC)OC)O2)[C@H]1OC)NC(=O)CCCCCCCCCCCCCCCCCCCCCCC. The average Bonchev–Trinajstić information content (AvgIpc) is 1.03. The van der Waals surface area contributed by atoms with Crippen molar-refractivity contribution in [3.63, 3.8) is 0 Å². The molecule has 2 aliphatic rings. The van der Waals surface area contributed by atoms with E-state index in [1.165, 1.54) is 237 Å². The van der Waals surface area contributed by atoms with Crippen molar-refractivity contribution in [2.24, 2.45) is 0 Å². The number of allylic oxidation sites excluding steroid dienone is 1. The predicted molar refractivity (Wildman–Crippen MR) is 361 cm³/mol. The molecule has 1 aliphatic carbocycles. The third-order valence-electron chi connectivity index (χ3n) is 18.6. The standard InChI is InChI=1S/C70H133N2O20P/c1-16-18-20-22-24-26-28-29-30-31-32-33-34-35-36-37-39-41-43-45-47-49-58(73)71-54(55(79-6)48-46-44-42-40-38-27-25-23-21-19-17-2)51-89-93(76,88-15)92-68-65(85-12)63(83-10)64(84-11)67(66(68)86-13)91-70(69(75)87-14)50-56(80-7)60(72(3)59(74)53-78-5)62(90-70)61(82-9)57(81-8)52-77-4/h46,48,54-57,60-68H,16-45,47,49-53H2,1-15H3,(H,71,73)/b48-46+/t54-,55+,56-,57+,60+,61+,62+,63-,64-,65+,66+,67+,68-,70-,93?/m0/s1. The number of rotatable bonds is 59. The Hall–Kier alpha value is -2.22. The van der Waals surface area contributed by atoms with Crippen molar-refractivity contribution in [2.45, 2.75) is 311 Å². The first-order valence-corrected chi connectivity index (χ1v) is 36.9. The lowest BCUT2D eigenvalue weighted by molar-refractivity contribution is -0.360. The molecule has 0 aromatic rings. The maximum absolute atomic E-state index is 15.2. The molecule has 0 radical (unpaired) electrons. The molecule has 1 unspecified atom stereocenters. The van der Waals surface area contributed by atoms with E-state index in [9.17, 15) is 14.4 Å². The van der Waals surface area contributed by atoms with E-state index in [1.807, 2.05) is 6.08 Å². The van der Waals surface area contributed by atoms with E-state index in [-0.39, 0.29) is 32.1 Å². The van der Waals surface area contributed by atoms with Crippen LogP contribution in [0, 0.1) is 0 Å². The van der Waals surface area contributed by atoms with Gasteiger partial charge in [0, 0.05) is 98.1 Å². The number of carbonyl (C=O) groups excluding carboxylic acids is 3. The molecule has 23 heteroatoms. The van der Waals surface area contributed by atoms with Gasteiger partial charge in [0.1, 0.15) is 61.5 Å². The number of esters is 1. The van der Waals surface area contributed by atoms with Crippen LogP contribution in [0.5, 0.6) is 0 Å². The van der Waals surface area contributed by atoms with Crippen LogP contribution < -0.4 is 5.32 Å². The fraction of sp³-hybridized carbons (Fsp3) is 0.929. The minimum Gasteiger partial charge on any atom is -0.465 e. The molecule has 1 saturated heterocycles. The number of nitrogens with zero attached hydrogens (tertiary/aromatic N) is 1. The van der Waals surface area contributed by atoms with Crippen LogP contribution in [0.2, 0.25) is 0 Å². The number of hydrogen-bond acceptors (Lipinski definition) is 20. The molecule has 2 rings (SSSR count). The Bertz CT molecular complexity index is 1960. The van der Waals surface area contributed by atoms with Gasteiger partial charge in [-0.3, -0.25) is 23.2 Å². The molecular weight excluding hydrogens is 1220 g/mol. The quantitative estimate of drug-likeness (QED) is 0.0258. The van der Waals surface area contributed by atoms with Gasteiger partial charge in [0.05, 0.1) is 44.6 Å². The topological polar surface area (TPSA) is 231 Å². The Morgan fingerprint density at radius 3 is 1.44 bits per heavy atom. The zero-order valence-corrected chi connectivity index (χ0v) is 61.6. The van der Waals surface area contributed by atoms with Crippen LogP contribution in [0.25, 0.3) is 0 Å². The first-order chi connectivity index (χ1) is 45.1. The first kappa shape index (κ1) is 86.9. The van der Waals surface area contributed by atoms with Crippen molar-refractivity contribution in [3.05, 3.63) is 12.2 Å². The summed E-state index contributed by atoms with van der Waals surface area (Å²) in [5.74, 6) is -3.99. The molecule has 0 aromatic heterocycles. The summed E-state index contributed by atoms with van der Waals surface area (Å²) in [5.41, 5.74) is 0. The smallest absolute Gasteiger partial charge is 0.465 e. The number of ether oxygens (including phenoxy) is 13. The van der Waals surface area contributed by atoms with E-state index in [4.69, 9.17) is 75.2 Å². The second-order valence-electron chi connectivity index (χ2n) is 25.3. The predicted octanol–water partition coefficient (Wildman–Crippen LogP) is 13.0. The number of likely N-dealkylation sites (N-methyl/N-ethyl adjacent to an activating group) is 1. The number of carbonyl (C=O) groups is 3. The van der Waals surface area contributed by atoms with E-state index in [1.54, 1.807) is 14.2 Å². The van der Waals surface area contributed by atoms with Gasteiger partial charge in [-0.1, -0.05) is 206 Å². The summed E-state index contributed by atoms with van der Waals surface area (Å²) in [5, 5.41) is 3.13. The number of hydrogen-bond donors (Lipinski definition) is 1. The van der Waals surface area contributed by atoms with Crippen LogP contribution in [0.15, 0.2) is 12.2 Å². The van der Waals surface area contributed by atoms with E-state index in [2.05, 4.69) is 25.2 Å². The normalized spacial score (nSPS) is 24.6. The number of phosphoric acid groups is 1. The van der Waals surface area contributed by atoms with Gasteiger partial charge in [0.2, 0.25) is 11.8 Å². The van der Waals surface area contributed by atoms with Crippen molar-refractivity contribution in [3.8, 4) is 0 Å². The Balaban J connectivity index is 2.38. The Kier molecular flexibility index (Phi) is 49.3. The van der Waals surface area contributed by atoms with Crippen molar-refractivity contribution < 1.29 is 94.1 Å². The summed E-state index contributed by atoms with van der Waals surface area (Å²) in [4.78, 5) is 43.6. The minimum absolute atomic E-state index is 0.0186. The zero-order chi connectivity index (χ0) is 68.7. The van der Waals surface area contributed by atoms with Gasteiger partial charge >= 0.3 is 13.8 Å². The lowest BCUT2D eigenvalue weighted by Crippen LogP contribution is -2.72. The molecule has 0 bridgehead atoms. The van der Waals surface area contributed by atoms with Crippen LogP contribution in [-0.4, -0.2) is 220 Å². The second-order valence-corrected chi connectivity index (χ2v) is 27.0. The number of unbranched alkanes of at least 4 members (excludes halogenated alkanes) is 29. The summed E-state index contributed by atoms with van der Waals surface area (Å²) in [6.07, 6.45) is 30.1. The number of amides is 2. The van der Waals surface area contributed by atoms with E-state index in [0.717, 1.165) is 38.5 Å². The van der Waals surface area contributed by atoms with Crippen LogP contribution in [0.3, 0.4) is 0 Å². The summed E-state index contributed by atoms with van der Waals surface area (Å²) < 4.78 is 112. The Labute approximate surface area is 562 Å². The molecule has 548 valence electrons. The van der Waals surface area contributed by atoms with Crippen LogP contribution in [0.4, 0.5) is 0 Å². The van der Waals surface area contributed by atoms with Crippen LogP contribution >= 0.6 is 7.82 Å². The van der Waals surface area contributed by atoms with Crippen molar-refractivity contribution >= 4 is 25.6 Å². The number of methoxy groups -OCH3 is 11. The lowest BCUT2D eigenvalue weighted by Gasteiger charge is -2.54. The lowest BCUT2D eigenvalue weighted by atomic mass is 9.83. The second kappa shape index (κ2) is 52.8. The largest absolute Gasteiger partial charge is 0.475 e. The molecule has 22 nitrogen and oxygen atoms in total. The molecule has 93 heavy (non-hydrogen) atoms. The van der Waals surface area contributed by atoms with Gasteiger partial charge in [-0.25, -0.2) is 9.36 Å². The molecule has 1 N–H and O–H groups in total. The highest BCUT2D eigenvalue weighted by atomic mass is 31.2. The van der Waals surface area contributed by atoms with Gasteiger partial charge in [-0.15, -0.1) is 0 Å². The van der Waals surface area contributed by atoms with Crippen LogP contribution in [-0.2, 0) is 94.1 Å². The average molecular weight is 1350 g/mol. The maximum Gasteiger partial charge on any atom is 0.475 e. The third kappa shape index (κ3) is 31.3. The maximum atomic E-state index is 15.2. The molecule has 1 aliphatic heterocycles. The Morgan fingerprint density at radius 2 is 1.02 bits per heavy atom. The zero-order valence-electron chi connectivity index (χ0n) is 60.7. The van der Waals surface area contributed by atoms with Gasteiger partial charge in [0.15, 0.2) is 0 Å².